The zero-order valence-electron chi connectivity index (χ0n) is 13.5. The lowest BCUT2D eigenvalue weighted by molar-refractivity contribution is -0.143. The predicted molar refractivity (Wildman–Crippen MR) is 80.1 cm³/mol. The van der Waals surface area contributed by atoms with Crippen LogP contribution in [0.1, 0.15) is 29.5 Å². The molecule has 0 unspecified atom stereocenters. The van der Waals surface area contributed by atoms with Crippen LogP contribution in [0.25, 0.3) is 5.69 Å². The van der Waals surface area contributed by atoms with Crippen molar-refractivity contribution < 1.29 is 32.3 Å². The monoisotopic (exact) mass is 374 g/mol. The van der Waals surface area contributed by atoms with Crippen LogP contribution in [-0.4, -0.2) is 50.0 Å². The minimum absolute atomic E-state index is 0.0176. The molecule has 0 bridgehead atoms. The molecule has 1 amide bonds. The molecule has 1 aromatic heterocycles. The highest BCUT2D eigenvalue weighted by molar-refractivity contribution is 5.93. The van der Waals surface area contributed by atoms with E-state index in [1.54, 1.807) is 0 Å². The lowest BCUT2D eigenvalue weighted by Crippen LogP contribution is -2.34. The number of aliphatic carboxylic acids is 1. The highest BCUT2D eigenvalue weighted by Crippen LogP contribution is 2.33. The molecule has 1 N–H and O–H groups in total. The van der Waals surface area contributed by atoms with E-state index < -0.39 is 41.7 Å². The van der Waals surface area contributed by atoms with Gasteiger partial charge >= 0.3 is 12.1 Å². The molecule has 7 nitrogen and oxygen atoms in total. The quantitative estimate of drug-likeness (QED) is 0.785. The number of amides is 1. The highest BCUT2D eigenvalue weighted by Gasteiger charge is 2.42. The van der Waals surface area contributed by atoms with Crippen LogP contribution < -0.4 is 0 Å². The Morgan fingerprint density at radius 3 is 2.54 bits per heavy atom. The average molecular weight is 374 g/mol. The second-order valence-electron chi connectivity index (χ2n) is 5.20. The van der Waals surface area contributed by atoms with Gasteiger partial charge < -0.3 is 10.0 Å². The van der Waals surface area contributed by atoms with Gasteiger partial charge in [0.05, 0.1) is 12.1 Å². The second kappa shape index (κ2) is 7.50. The van der Waals surface area contributed by atoms with Crippen LogP contribution in [0.15, 0.2) is 24.3 Å². The molecule has 0 saturated heterocycles. The van der Waals surface area contributed by atoms with Crippen molar-refractivity contribution in [2.45, 2.75) is 19.5 Å². The lowest BCUT2D eigenvalue weighted by Gasteiger charge is -2.19. The summed E-state index contributed by atoms with van der Waals surface area (Å²) in [6, 6.07) is 4.24. The van der Waals surface area contributed by atoms with Gasteiger partial charge in [-0.05, 0) is 25.1 Å². The minimum Gasteiger partial charge on any atom is -0.481 e. The van der Waals surface area contributed by atoms with Gasteiger partial charge in [0.25, 0.3) is 5.91 Å². The van der Waals surface area contributed by atoms with Gasteiger partial charge in [-0.3, -0.25) is 9.59 Å². The van der Waals surface area contributed by atoms with Gasteiger partial charge in [-0.15, -0.1) is 5.10 Å². The first kappa shape index (κ1) is 19.3. The maximum Gasteiger partial charge on any atom is 0.435 e. The molecule has 140 valence electrons. The zero-order chi connectivity index (χ0) is 19.5. The third-order valence-electron chi connectivity index (χ3n) is 3.46. The van der Waals surface area contributed by atoms with Gasteiger partial charge in [0, 0.05) is 13.1 Å². The molecule has 0 radical (unpaired) electrons. The van der Waals surface area contributed by atoms with Crippen molar-refractivity contribution in [1.29, 1.82) is 0 Å². The van der Waals surface area contributed by atoms with Gasteiger partial charge in [0.2, 0.25) is 0 Å². The third kappa shape index (κ3) is 4.16. The first-order chi connectivity index (χ1) is 12.1. The summed E-state index contributed by atoms with van der Waals surface area (Å²) >= 11 is 0. The largest absolute Gasteiger partial charge is 0.481 e. The molecule has 2 aromatic rings. The number of rotatable bonds is 6. The fraction of sp³-hybridized carbons (Fsp3) is 0.333. The summed E-state index contributed by atoms with van der Waals surface area (Å²) in [4.78, 5) is 24.0. The number of hydrogen-bond acceptors (Lipinski definition) is 4. The van der Waals surface area contributed by atoms with E-state index in [1.165, 1.54) is 19.1 Å². The number of hydrogen-bond donors (Lipinski definition) is 1. The van der Waals surface area contributed by atoms with E-state index in [0.717, 1.165) is 17.0 Å². The summed E-state index contributed by atoms with van der Waals surface area (Å²) < 4.78 is 54.2. The van der Waals surface area contributed by atoms with Crippen molar-refractivity contribution in [1.82, 2.24) is 19.9 Å². The molecule has 2 rings (SSSR count). The van der Waals surface area contributed by atoms with Crippen LogP contribution in [-0.2, 0) is 11.0 Å². The van der Waals surface area contributed by atoms with Crippen LogP contribution in [0, 0.1) is 5.82 Å². The van der Waals surface area contributed by atoms with Crippen molar-refractivity contribution in [3.8, 4) is 5.69 Å². The Balaban J connectivity index is 2.49. The number of benzene rings is 1. The maximum absolute atomic E-state index is 13.5. The van der Waals surface area contributed by atoms with E-state index in [2.05, 4.69) is 10.3 Å². The Bertz CT molecular complexity index is 819. The summed E-state index contributed by atoms with van der Waals surface area (Å²) in [5, 5.41) is 15.3. The lowest BCUT2D eigenvalue weighted by atomic mass is 10.2. The molecule has 0 aliphatic heterocycles. The second-order valence-corrected chi connectivity index (χ2v) is 5.20. The molecule has 0 saturated carbocycles. The number of carbonyl (C=O) groups is 2. The highest BCUT2D eigenvalue weighted by atomic mass is 19.4. The van der Waals surface area contributed by atoms with Crippen LogP contribution in [0.4, 0.5) is 17.6 Å². The fourth-order valence-corrected chi connectivity index (χ4v) is 2.25. The number of carboxylic acids is 1. The molecule has 0 aliphatic rings. The van der Waals surface area contributed by atoms with Gasteiger partial charge in [0.15, 0.2) is 11.4 Å². The molecule has 0 aliphatic carbocycles. The van der Waals surface area contributed by atoms with Crippen molar-refractivity contribution >= 4 is 11.9 Å². The first-order valence-electron chi connectivity index (χ1n) is 7.45. The number of alkyl halides is 3. The van der Waals surface area contributed by atoms with E-state index in [0.29, 0.717) is 4.68 Å². The Morgan fingerprint density at radius 1 is 1.31 bits per heavy atom. The summed E-state index contributed by atoms with van der Waals surface area (Å²) in [6.07, 6.45) is -5.42. The fourth-order valence-electron chi connectivity index (χ4n) is 2.25. The Morgan fingerprint density at radius 2 is 2.00 bits per heavy atom. The average Bonchev–Trinajstić information content (AvgIpc) is 3.00. The van der Waals surface area contributed by atoms with Crippen LogP contribution >= 0.6 is 0 Å². The molecule has 1 heterocycles. The molecule has 0 atom stereocenters. The Kier molecular flexibility index (Phi) is 5.58. The summed E-state index contributed by atoms with van der Waals surface area (Å²) in [5.41, 5.74) is -2.69. The van der Waals surface area contributed by atoms with E-state index in [-0.39, 0.29) is 18.8 Å². The van der Waals surface area contributed by atoms with Crippen molar-refractivity contribution in [2.75, 3.05) is 13.1 Å². The Labute approximate surface area is 144 Å². The van der Waals surface area contributed by atoms with Gasteiger partial charge in [0.1, 0.15) is 5.82 Å². The van der Waals surface area contributed by atoms with E-state index in [1.807, 2.05) is 0 Å². The maximum atomic E-state index is 13.5. The minimum atomic E-state index is -4.99. The number of nitrogens with zero attached hydrogens (tertiary/aromatic N) is 4. The van der Waals surface area contributed by atoms with Gasteiger partial charge in [-0.2, -0.15) is 13.2 Å². The van der Waals surface area contributed by atoms with Crippen LogP contribution in [0.3, 0.4) is 0 Å². The van der Waals surface area contributed by atoms with Crippen LogP contribution in [0.5, 0.6) is 0 Å². The summed E-state index contributed by atoms with van der Waals surface area (Å²) in [7, 11) is 0. The SMILES string of the molecule is CCN(CCC(=O)O)C(=O)c1nnn(-c2cccc(F)c2)c1C(F)(F)F. The number of carbonyl (C=O) groups excluding carboxylic acids is 1. The summed E-state index contributed by atoms with van der Waals surface area (Å²) in [6.45, 7) is 1.19. The third-order valence-corrected chi connectivity index (χ3v) is 3.46. The normalized spacial score (nSPS) is 11.4. The zero-order valence-corrected chi connectivity index (χ0v) is 13.5. The Hall–Kier alpha value is -2.98. The molecule has 0 fully saturated rings. The molecule has 1 aromatic carbocycles. The molecule has 0 spiro atoms. The first-order valence-corrected chi connectivity index (χ1v) is 7.45. The van der Waals surface area contributed by atoms with Gasteiger partial charge in [-0.1, -0.05) is 11.3 Å². The standard InChI is InChI=1S/C15H14F4N4O3/c1-2-22(7-6-11(24)25)14(26)12-13(15(17,18)19)23(21-20-12)10-5-3-4-9(16)8-10/h3-5,8H,2,6-7H2,1H3,(H,24,25). The topological polar surface area (TPSA) is 88.3 Å². The molecule has 11 heteroatoms. The van der Waals surface area contributed by atoms with Crippen molar-refractivity contribution in [3.05, 3.63) is 41.5 Å². The van der Waals surface area contributed by atoms with E-state index >= 15 is 0 Å². The number of aromatic nitrogens is 3. The number of halogens is 4. The number of carboxylic acid groups (broad SMARTS) is 1. The van der Waals surface area contributed by atoms with Gasteiger partial charge in [-0.25, -0.2) is 9.07 Å². The van der Waals surface area contributed by atoms with Crippen molar-refractivity contribution in [2.24, 2.45) is 0 Å². The van der Waals surface area contributed by atoms with E-state index in [9.17, 15) is 27.2 Å². The molecular weight excluding hydrogens is 360 g/mol. The van der Waals surface area contributed by atoms with Crippen LogP contribution in [0.2, 0.25) is 0 Å². The van der Waals surface area contributed by atoms with Crippen molar-refractivity contribution in [3.63, 3.8) is 0 Å². The smallest absolute Gasteiger partial charge is 0.435 e. The van der Waals surface area contributed by atoms with E-state index in [4.69, 9.17) is 5.11 Å². The molecular formula is C15H14F4N4O3. The predicted octanol–water partition coefficient (Wildman–Crippen LogP) is 2.36. The molecule has 26 heavy (non-hydrogen) atoms. The summed E-state index contributed by atoms with van der Waals surface area (Å²) in [5.74, 6) is -3.09.